The Kier molecular flexibility index (Phi) is 6.77. The van der Waals surface area contributed by atoms with E-state index in [2.05, 4.69) is 5.32 Å². The van der Waals surface area contributed by atoms with Gasteiger partial charge in [0.25, 0.3) is 11.8 Å². The number of amides is 3. The van der Waals surface area contributed by atoms with Gasteiger partial charge in [0.05, 0.1) is 31.1 Å². The molecular weight excluding hydrogens is 392 g/mol. The van der Waals surface area contributed by atoms with Crippen molar-refractivity contribution < 1.29 is 23.9 Å². The second-order valence-electron chi connectivity index (χ2n) is 6.33. The molecule has 0 fully saturated rings. The zero-order valence-electron chi connectivity index (χ0n) is 16.3. The highest BCUT2D eigenvalue weighted by molar-refractivity contribution is 7.99. The molecule has 1 heterocycles. The van der Waals surface area contributed by atoms with Gasteiger partial charge in [0, 0.05) is 18.8 Å². The van der Waals surface area contributed by atoms with Gasteiger partial charge in [0.1, 0.15) is 0 Å². The average Bonchev–Trinajstić information content (AvgIpc) is 2.99. The number of benzene rings is 2. The lowest BCUT2D eigenvalue weighted by atomic mass is 10.1. The van der Waals surface area contributed by atoms with Gasteiger partial charge in [-0.15, -0.1) is 0 Å². The Bertz CT molecular complexity index is 896. The van der Waals surface area contributed by atoms with Gasteiger partial charge in [-0.25, -0.2) is 0 Å². The van der Waals surface area contributed by atoms with Crippen molar-refractivity contribution in [3.05, 3.63) is 59.2 Å². The number of imide groups is 1. The lowest BCUT2D eigenvalue weighted by Gasteiger charge is -2.13. The van der Waals surface area contributed by atoms with Crippen molar-refractivity contribution in [2.24, 2.45) is 0 Å². The quantitative estimate of drug-likeness (QED) is 0.501. The van der Waals surface area contributed by atoms with Crippen LogP contribution in [0.1, 0.15) is 26.3 Å². The number of ether oxygens (including phenoxy) is 2. The Morgan fingerprint density at radius 1 is 1.00 bits per heavy atom. The van der Waals surface area contributed by atoms with Crippen LogP contribution in [0.5, 0.6) is 11.5 Å². The molecule has 0 saturated heterocycles. The minimum absolute atomic E-state index is 0.118. The Morgan fingerprint density at radius 3 is 2.28 bits per heavy atom. The third-order valence-electron chi connectivity index (χ3n) is 4.51. The molecule has 152 valence electrons. The summed E-state index contributed by atoms with van der Waals surface area (Å²) in [7, 11) is 3.13. The number of nitrogens with zero attached hydrogens (tertiary/aromatic N) is 1. The summed E-state index contributed by atoms with van der Waals surface area (Å²) in [6.45, 7) is 0.651. The molecule has 0 atom stereocenters. The summed E-state index contributed by atoms with van der Waals surface area (Å²) in [5.41, 5.74) is 1.78. The fourth-order valence-electron chi connectivity index (χ4n) is 3.01. The number of carbonyl (C=O) groups is 3. The normalized spacial score (nSPS) is 12.7. The summed E-state index contributed by atoms with van der Waals surface area (Å²) in [5.74, 6) is 1.31. The van der Waals surface area contributed by atoms with Crippen LogP contribution in [-0.2, 0) is 11.3 Å². The monoisotopic (exact) mass is 414 g/mol. The molecule has 0 spiro atoms. The number of carbonyl (C=O) groups excluding carboxylic acids is 3. The predicted octanol–water partition coefficient (Wildman–Crippen LogP) is 2.35. The molecule has 1 aliphatic rings. The molecule has 8 heteroatoms. The summed E-state index contributed by atoms with van der Waals surface area (Å²) < 4.78 is 10.4. The van der Waals surface area contributed by atoms with E-state index in [-0.39, 0.29) is 30.0 Å². The van der Waals surface area contributed by atoms with Gasteiger partial charge in [0.15, 0.2) is 11.5 Å². The van der Waals surface area contributed by atoms with Crippen molar-refractivity contribution in [3.8, 4) is 11.5 Å². The number of hydrogen-bond donors (Lipinski definition) is 1. The van der Waals surface area contributed by atoms with Gasteiger partial charge in [-0.05, 0) is 29.8 Å². The summed E-state index contributed by atoms with van der Waals surface area (Å²) in [5, 5.41) is 2.84. The first-order valence-electron chi connectivity index (χ1n) is 9.05. The lowest BCUT2D eigenvalue weighted by Crippen LogP contribution is -2.32. The highest BCUT2D eigenvalue weighted by atomic mass is 32.2. The number of thioether (sulfide) groups is 1. The Balaban J connectivity index is 1.41. The average molecular weight is 414 g/mol. The van der Waals surface area contributed by atoms with Crippen LogP contribution in [0.4, 0.5) is 0 Å². The lowest BCUT2D eigenvalue weighted by molar-refractivity contribution is -0.118. The van der Waals surface area contributed by atoms with Crippen LogP contribution in [0.2, 0.25) is 0 Å². The van der Waals surface area contributed by atoms with Crippen LogP contribution >= 0.6 is 11.8 Å². The maximum absolute atomic E-state index is 12.3. The zero-order chi connectivity index (χ0) is 20.8. The van der Waals surface area contributed by atoms with Crippen LogP contribution in [0, 0.1) is 0 Å². The van der Waals surface area contributed by atoms with E-state index in [0.29, 0.717) is 34.9 Å². The molecule has 3 rings (SSSR count). The van der Waals surface area contributed by atoms with Crippen molar-refractivity contribution in [2.45, 2.75) is 6.54 Å². The molecule has 0 unspecified atom stereocenters. The van der Waals surface area contributed by atoms with Gasteiger partial charge in [-0.2, -0.15) is 11.8 Å². The third-order valence-corrected chi connectivity index (χ3v) is 5.45. The fourth-order valence-corrected chi connectivity index (χ4v) is 3.75. The summed E-state index contributed by atoms with van der Waals surface area (Å²) in [6.07, 6.45) is 0. The number of fused-ring (bicyclic) bond motifs is 1. The van der Waals surface area contributed by atoms with Crippen LogP contribution in [0.15, 0.2) is 42.5 Å². The highest BCUT2D eigenvalue weighted by Gasteiger charge is 2.34. The maximum atomic E-state index is 12.3. The molecule has 2 aromatic carbocycles. The maximum Gasteiger partial charge on any atom is 0.261 e. The summed E-state index contributed by atoms with van der Waals surface area (Å²) in [4.78, 5) is 37.9. The number of nitrogens with one attached hydrogen (secondary N) is 1. The smallest absolute Gasteiger partial charge is 0.261 e. The Morgan fingerprint density at radius 2 is 1.66 bits per heavy atom. The van der Waals surface area contributed by atoms with Crippen molar-refractivity contribution in [1.29, 1.82) is 0 Å². The van der Waals surface area contributed by atoms with Crippen LogP contribution < -0.4 is 14.8 Å². The standard InChI is InChI=1S/C21H22N2O5S/c1-27-17-8-7-14(11-18(17)28-2)12-22-19(24)13-29-10-9-23-20(25)15-5-3-4-6-16(15)21(23)26/h3-8,11H,9-10,12-13H2,1-2H3,(H,22,24). The van der Waals surface area contributed by atoms with Gasteiger partial charge < -0.3 is 14.8 Å². The molecule has 1 N–H and O–H groups in total. The van der Waals surface area contributed by atoms with Gasteiger partial charge in [-0.1, -0.05) is 18.2 Å². The molecule has 7 nitrogen and oxygen atoms in total. The first-order chi connectivity index (χ1) is 14.0. The molecule has 0 aromatic heterocycles. The van der Waals surface area contributed by atoms with Crippen molar-refractivity contribution in [2.75, 3.05) is 32.3 Å². The second-order valence-corrected chi connectivity index (χ2v) is 7.43. The van der Waals surface area contributed by atoms with Crippen LogP contribution in [0.25, 0.3) is 0 Å². The molecule has 0 radical (unpaired) electrons. The minimum Gasteiger partial charge on any atom is -0.493 e. The molecule has 29 heavy (non-hydrogen) atoms. The van der Waals surface area contributed by atoms with E-state index in [0.717, 1.165) is 5.56 Å². The molecule has 0 saturated carbocycles. The first-order valence-corrected chi connectivity index (χ1v) is 10.2. The van der Waals surface area contributed by atoms with Crippen LogP contribution in [-0.4, -0.2) is 54.9 Å². The molecular formula is C21H22N2O5S. The molecule has 2 aromatic rings. The zero-order valence-corrected chi connectivity index (χ0v) is 17.1. The van der Waals surface area contributed by atoms with Gasteiger partial charge in [0.2, 0.25) is 5.91 Å². The van der Waals surface area contributed by atoms with Gasteiger partial charge >= 0.3 is 0 Å². The van der Waals surface area contributed by atoms with E-state index in [1.807, 2.05) is 12.1 Å². The highest BCUT2D eigenvalue weighted by Crippen LogP contribution is 2.27. The van der Waals surface area contributed by atoms with E-state index < -0.39 is 0 Å². The van der Waals surface area contributed by atoms with E-state index >= 15 is 0 Å². The van der Waals surface area contributed by atoms with Crippen molar-refractivity contribution in [3.63, 3.8) is 0 Å². The van der Waals surface area contributed by atoms with Crippen molar-refractivity contribution >= 4 is 29.5 Å². The molecule has 0 aliphatic carbocycles. The summed E-state index contributed by atoms with van der Waals surface area (Å²) >= 11 is 1.38. The molecule has 0 bridgehead atoms. The predicted molar refractivity (Wildman–Crippen MR) is 111 cm³/mol. The minimum atomic E-state index is -0.274. The number of methoxy groups -OCH3 is 2. The summed E-state index contributed by atoms with van der Waals surface area (Å²) in [6, 6.07) is 12.3. The SMILES string of the molecule is COc1ccc(CNC(=O)CSCCN2C(=O)c3ccccc3C2=O)cc1OC. The number of rotatable bonds is 9. The third kappa shape index (κ3) is 4.71. The molecule has 1 aliphatic heterocycles. The van der Waals surface area contributed by atoms with Gasteiger partial charge in [-0.3, -0.25) is 19.3 Å². The topological polar surface area (TPSA) is 84.9 Å². The van der Waals surface area contributed by atoms with E-state index in [1.54, 1.807) is 44.6 Å². The Labute approximate surface area is 173 Å². The van der Waals surface area contributed by atoms with E-state index in [4.69, 9.17) is 9.47 Å². The van der Waals surface area contributed by atoms with E-state index in [9.17, 15) is 14.4 Å². The first kappa shape index (κ1) is 20.7. The van der Waals surface area contributed by atoms with Crippen LogP contribution in [0.3, 0.4) is 0 Å². The number of hydrogen-bond acceptors (Lipinski definition) is 6. The largest absolute Gasteiger partial charge is 0.493 e. The molecule has 3 amide bonds. The van der Waals surface area contributed by atoms with Crippen molar-refractivity contribution in [1.82, 2.24) is 10.2 Å². The van der Waals surface area contributed by atoms with E-state index in [1.165, 1.54) is 16.7 Å². The Hall–Kier alpha value is -3.00. The fraction of sp³-hybridized carbons (Fsp3) is 0.286. The second kappa shape index (κ2) is 9.47.